The Morgan fingerprint density at radius 1 is 1.27 bits per heavy atom. The molecule has 1 unspecified atom stereocenters. The first-order valence-corrected chi connectivity index (χ1v) is 11.3. The Labute approximate surface area is 161 Å². The van der Waals surface area contributed by atoms with E-state index in [1.54, 1.807) is 23.0 Å². The van der Waals surface area contributed by atoms with Gasteiger partial charge in [0.15, 0.2) is 5.16 Å². The lowest BCUT2D eigenvalue weighted by Gasteiger charge is -2.33. The van der Waals surface area contributed by atoms with E-state index in [1.807, 2.05) is 4.90 Å². The molecule has 7 heteroatoms. The fraction of sp³-hybridized carbons (Fsp3) is 0.632. The molecule has 1 amide bonds. The summed E-state index contributed by atoms with van der Waals surface area (Å²) in [6, 6.07) is 0.320. The molecular weight excluding hydrogens is 366 g/mol. The van der Waals surface area contributed by atoms with Crippen LogP contribution in [-0.4, -0.2) is 38.7 Å². The molecule has 2 aromatic heterocycles. The molecule has 1 aliphatic heterocycles. The fourth-order valence-electron chi connectivity index (χ4n) is 4.07. The molecule has 0 spiro atoms. The molecular formula is C19H25N3O2S2. The molecule has 1 saturated heterocycles. The Hall–Kier alpha value is -1.34. The monoisotopic (exact) mass is 391 g/mol. The Kier molecular flexibility index (Phi) is 5.10. The van der Waals surface area contributed by atoms with E-state index in [2.05, 4.69) is 6.92 Å². The van der Waals surface area contributed by atoms with Gasteiger partial charge in [-0.1, -0.05) is 11.8 Å². The lowest BCUT2D eigenvalue weighted by Crippen LogP contribution is -2.43. The van der Waals surface area contributed by atoms with Crippen LogP contribution >= 0.6 is 23.1 Å². The number of piperidine rings is 1. The summed E-state index contributed by atoms with van der Waals surface area (Å²) in [5.74, 6) is 0.503. The van der Waals surface area contributed by atoms with Gasteiger partial charge in [-0.25, -0.2) is 4.98 Å². The van der Waals surface area contributed by atoms with Gasteiger partial charge in [0, 0.05) is 24.5 Å². The highest BCUT2D eigenvalue weighted by Gasteiger charge is 2.25. The summed E-state index contributed by atoms with van der Waals surface area (Å²) in [6.07, 6.45) is 7.78. The third-order valence-electron chi connectivity index (χ3n) is 5.60. The summed E-state index contributed by atoms with van der Waals surface area (Å²) in [5.41, 5.74) is 1.26. The molecule has 0 aromatic carbocycles. The van der Waals surface area contributed by atoms with Crippen molar-refractivity contribution in [3.05, 3.63) is 20.8 Å². The van der Waals surface area contributed by atoms with Gasteiger partial charge < -0.3 is 4.90 Å². The van der Waals surface area contributed by atoms with Crippen LogP contribution in [0.1, 0.15) is 49.5 Å². The van der Waals surface area contributed by atoms with Crippen LogP contribution in [0.3, 0.4) is 0 Å². The quantitative estimate of drug-likeness (QED) is 0.595. The van der Waals surface area contributed by atoms with E-state index in [0.29, 0.717) is 17.0 Å². The zero-order valence-corrected chi connectivity index (χ0v) is 17.0. The first-order chi connectivity index (χ1) is 12.6. The normalized spacial score (nSPS) is 20.4. The number of rotatable bonds is 3. The van der Waals surface area contributed by atoms with E-state index in [9.17, 15) is 9.59 Å². The summed E-state index contributed by atoms with van der Waals surface area (Å²) >= 11 is 3.06. The lowest BCUT2D eigenvalue weighted by molar-refractivity contribution is -0.131. The van der Waals surface area contributed by atoms with Crippen LogP contribution in [0.15, 0.2) is 9.95 Å². The van der Waals surface area contributed by atoms with Crippen molar-refractivity contribution in [2.24, 2.45) is 7.05 Å². The van der Waals surface area contributed by atoms with Gasteiger partial charge in [-0.3, -0.25) is 14.2 Å². The van der Waals surface area contributed by atoms with E-state index >= 15 is 0 Å². The van der Waals surface area contributed by atoms with Crippen molar-refractivity contribution in [1.82, 2.24) is 14.5 Å². The number of carbonyl (C=O) groups excluding carboxylic acids is 1. The van der Waals surface area contributed by atoms with E-state index in [4.69, 9.17) is 4.98 Å². The number of fused-ring (bicyclic) bond motifs is 3. The topological polar surface area (TPSA) is 55.2 Å². The molecule has 0 N–H and O–H groups in total. The summed E-state index contributed by atoms with van der Waals surface area (Å²) in [5, 5.41) is 1.46. The number of likely N-dealkylation sites (tertiary alicyclic amines) is 1. The zero-order valence-electron chi connectivity index (χ0n) is 15.4. The minimum absolute atomic E-state index is 0.0377. The predicted octanol–water partition coefficient (Wildman–Crippen LogP) is 3.37. The number of thiophene rings is 1. The van der Waals surface area contributed by atoms with Crippen LogP contribution in [0.2, 0.25) is 0 Å². The molecule has 26 heavy (non-hydrogen) atoms. The van der Waals surface area contributed by atoms with Crippen LogP contribution in [0.25, 0.3) is 10.2 Å². The minimum atomic E-state index is 0.0377. The van der Waals surface area contributed by atoms with Crippen LogP contribution in [-0.2, 0) is 24.7 Å². The maximum atomic E-state index is 12.9. The first-order valence-electron chi connectivity index (χ1n) is 9.50. The van der Waals surface area contributed by atoms with Crippen LogP contribution in [0.4, 0.5) is 0 Å². The van der Waals surface area contributed by atoms with Gasteiger partial charge in [0.25, 0.3) is 5.56 Å². The number of aryl methyl sites for hydroxylation is 2. The van der Waals surface area contributed by atoms with E-state index in [-0.39, 0.29) is 11.5 Å². The van der Waals surface area contributed by atoms with Crippen molar-refractivity contribution >= 4 is 39.2 Å². The second-order valence-electron chi connectivity index (χ2n) is 7.37. The molecule has 3 heterocycles. The molecule has 1 fully saturated rings. The van der Waals surface area contributed by atoms with E-state index in [0.717, 1.165) is 48.9 Å². The molecule has 140 valence electrons. The molecule has 1 atom stereocenters. The van der Waals surface area contributed by atoms with Gasteiger partial charge in [0.05, 0.1) is 11.1 Å². The van der Waals surface area contributed by atoms with Gasteiger partial charge in [-0.15, -0.1) is 11.3 Å². The Morgan fingerprint density at radius 2 is 2.08 bits per heavy atom. The lowest BCUT2D eigenvalue weighted by atomic mass is 9.97. The van der Waals surface area contributed by atoms with Gasteiger partial charge in [0.2, 0.25) is 5.91 Å². The number of amides is 1. The summed E-state index contributed by atoms with van der Waals surface area (Å²) < 4.78 is 1.63. The van der Waals surface area contributed by atoms with Crippen molar-refractivity contribution in [1.29, 1.82) is 0 Å². The highest BCUT2D eigenvalue weighted by Crippen LogP contribution is 2.34. The van der Waals surface area contributed by atoms with E-state index in [1.165, 1.54) is 35.0 Å². The average molecular weight is 392 g/mol. The Balaban J connectivity index is 1.58. The van der Waals surface area contributed by atoms with Gasteiger partial charge >= 0.3 is 0 Å². The molecule has 0 radical (unpaired) electrons. The third-order valence-corrected chi connectivity index (χ3v) is 7.80. The summed E-state index contributed by atoms with van der Waals surface area (Å²) in [7, 11) is 1.78. The number of aromatic nitrogens is 2. The molecule has 0 bridgehead atoms. The zero-order chi connectivity index (χ0) is 18.3. The summed E-state index contributed by atoms with van der Waals surface area (Å²) in [4.78, 5) is 34.4. The number of thioether (sulfide) groups is 1. The maximum Gasteiger partial charge on any atom is 0.262 e. The maximum absolute atomic E-state index is 12.9. The number of hydrogen-bond donors (Lipinski definition) is 0. The SMILES string of the molecule is CC1CCCCN1C(=O)CSc1nc2sc3c(c2c(=O)n1C)CCCC3. The standard InChI is InChI=1S/C19H25N3O2S2/c1-12-7-5-6-10-22(12)15(23)11-25-19-20-17-16(18(24)21(19)2)13-8-3-4-9-14(13)26-17/h12H,3-11H2,1-2H3. The minimum Gasteiger partial charge on any atom is -0.339 e. The van der Waals surface area contributed by atoms with Crippen molar-refractivity contribution in [3.63, 3.8) is 0 Å². The molecule has 4 rings (SSSR count). The van der Waals surface area contributed by atoms with Crippen molar-refractivity contribution in [2.75, 3.05) is 12.3 Å². The number of hydrogen-bond acceptors (Lipinski definition) is 5. The second kappa shape index (κ2) is 7.35. The molecule has 2 aliphatic rings. The average Bonchev–Trinajstić information content (AvgIpc) is 3.02. The van der Waals surface area contributed by atoms with Crippen molar-refractivity contribution in [2.45, 2.75) is 63.1 Å². The molecule has 2 aromatic rings. The van der Waals surface area contributed by atoms with E-state index < -0.39 is 0 Å². The van der Waals surface area contributed by atoms with Crippen LogP contribution < -0.4 is 5.56 Å². The number of nitrogens with zero attached hydrogens (tertiary/aromatic N) is 3. The van der Waals surface area contributed by atoms with Gasteiger partial charge in [-0.05, 0) is 57.4 Å². The molecule has 0 saturated carbocycles. The molecule has 1 aliphatic carbocycles. The van der Waals surface area contributed by atoms with Crippen LogP contribution in [0, 0.1) is 0 Å². The number of carbonyl (C=O) groups is 1. The first kappa shape index (κ1) is 18.0. The predicted molar refractivity (Wildman–Crippen MR) is 107 cm³/mol. The fourth-order valence-corrected chi connectivity index (χ4v) is 6.23. The van der Waals surface area contributed by atoms with Gasteiger partial charge in [0.1, 0.15) is 4.83 Å². The molecule has 5 nitrogen and oxygen atoms in total. The van der Waals surface area contributed by atoms with Crippen molar-refractivity contribution < 1.29 is 4.79 Å². The highest BCUT2D eigenvalue weighted by molar-refractivity contribution is 7.99. The third kappa shape index (κ3) is 3.20. The largest absolute Gasteiger partial charge is 0.339 e. The van der Waals surface area contributed by atoms with Crippen molar-refractivity contribution in [3.8, 4) is 0 Å². The second-order valence-corrected chi connectivity index (χ2v) is 9.40. The van der Waals surface area contributed by atoms with Crippen LogP contribution in [0.5, 0.6) is 0 Å². The Morgan fingerprint density at radius 3 is 2.88 bits per heavy atom. The summed E-state index contributed by atoms with van der Waals surface area (Å²) in [6.45, 7) is 2.97. The highest BCUT2D eigenvalue weighted by atomic mass is 32.2. The van der Waals surface area contributed by atoms with Gasteiger partial charge in [-0.2, -0.15) is 0 Å². The smallest absolute Gasteiger partial charge is 0.262 e. The Bertz CT molecular complexity index is 902.